The highest BCUT2D eigenvalue weighted by molar-refractivity contribution is 5.01. The highest BCUT2D eigenvalue weighted by Crippen LogP contribution is 2.51. The molecule has 17 heavy (non-hydrogen) atoms. The Balaban J connectivity index is 2.20. The summed E-state index contributed by atoms with van der Waals surface area (Å²) in [5.74, 6) is 0. The summed E-state index contributed by atoms with van der Waals surface area (Å²) in [6.07, 6.45) is 8.71. The summed E-state index contributed by atoms with van der Waals surface area (Å²) < 4.78 is 0. The molecule has 0 amide bonds. The summed E-state index contributed by atoms with van der Waals surface area (Å²) in [5, 5.41) is 10.0. The average Bonchev–Trinajstić information content (AvgIpc) is 2.69. The predicted molar refractivity (Wildman–Crippen MR) is 72.1 cm³/mol. The van der Waals surface area contributed by atoms with E-state index in [0.29, 0.717) is 11.5 Å². The van der Waals surface area contributed by atoms with E-state index in [-0.39, 0.29) is 11.6 Å². The van der Waals surface area contributed by atoms with Crippen LogP contribution in [0.4, 0.5) is 0 Å². The lowest BCUT2D eigenvalue weighted by atomic mass is 9.67. The highest BCUT2D eigenvalue weighted by atomic mass is 16.3. The van der Waals surface area contributed by atoms with Gasteiger partial charge in [0.15, 0.2) is 0 Å². The monoisotopic (exact) mass is 239 g/mol. The second-order valence-electron chi connectivity index (χ2n) is 7.30. The van der Waals surface area contributed by atoms with Gasteiger partial charge in [-0.15, -0.1) is 0 Å². The molecule has 2 unspecified atom stereocenters. The average molecular weight is 239 g/mol. The molecule has 0 aromatic rings. The van der Waals surface area contributed by atoms with Gasteiger partial charge < -0.3 is 5.11 Å². The summed E-state index contributed by atoms with van der Waals surface area (Å²) >= 11 is 0. The third-order valence-electron chi connectivity index (χ3n) is 5.30. The van der Waals surface area contributed by atoms with E-state index in [2.05, 4.69) is 32.7 Å². The summed E-state index contributed by atoms with van der Waals surface area (Å²) in [6, 6.07) is 0.578. The summed E-state index contributed by atoms with van der Waals surface area (Å²) in [4.78, 5) is 2.53. The molecule has 0 bridgehead atoms. The Kier molecular flexibility index (Phi) is 3.57. The van der Waals surface area contributed by atoms with Crippen molar-refractivity contribution in [3.8, 4) is 0 Å². The summed E-state index contributed by atoms with van der Waals surface area (Å²) in [6.45, 7) is 6.86. The van der Waals surface area contributed by atoms with Gasteiger partial charge in [0.05, 0.1) is 6.10 Å². The fraction of sp³-hybridized carbons (Fsp3) is 1.00. The first-order chi connectivity index (χ1) is 7.85. The zero-order valence-corrected chi connectivity index (χ0v) is 12.0. The highest BCUT2D eigenvalue weighted by Gasteiger charge is 2.48. The molecule has 1 N–H and O–H groups in total. The molecule has 0 aromatic carbocycles. The van der Waals surface area contributed by atoms with Crippen molar-refractivity contribution in [3.05, 3.63) is 0 Å². The van der Waals surface area contributed by atoms with Gasteiger partial charge in [0, 0.05) is 11.6 Å². The number of nitrogens with zero attached hydrogens (tertiary/aromatic N) is 1. The lowest BCUT2D eigenvalue weighted by Crippen LogP contribution is -2.56. The van der Waals surface area contributed by atoms with Crippen molar-refractivity contribution >= 4 is 0 Å². The van der Waals surface area contributed by atoms with Gasteiger partial charge in [0.2, 0.25) is 0 Å². The van der Waals surface area contributed by atoms with Crippen LogP contribution in [0.5, 0.6) is 0 Å². The SMILES string of the molecule is CN(C1CC(O)CCC12CCCC2)C(C)(C)C. The number of rotatable bonds is 1. The molecule has 2 heteroatoms. The van der Waals surface area contributed by atoms with Gasteiger partial charge in [0.1, 0.15) is 0 Å². The van der Waals surface area contributed by atoms with Crippen molar-refractivity contribution in [3.63, 3.8) is 0 Å². The summed E-state index contributed by atoms with van der Waals surface area (Å²) in [7, 11) is 2.25. The number of hydrogen-bond donors (Lipinski definition) is 1. The molecule has 1 spiro atoms. The third kappa shape index (κ3) is 2.53. The molecule has 2 fully saturated rings. The van der Waals surface area contributed by atoms with Crippen LogP contribution >= 0.6 is 0 Å². The Labute approximate surface area is 106 Å². The smallest absolute Gasteiger partial charge is 0.0555 e. The van der Waals surface area contributed by atoms with Gasteiger partial charge in [-0.05, 0) is 65.3 Å². The molecule has 2 rings (SSSR count). The summed E-state index contributed by atoms with van der Waals surface area (Å²) in [5.41, 5.74) is 0.721. The maximum Gasteiger partial charge on any atom is 0.0555 e. The lowest BCUT2D eigenvalue weighted by Gasteiger charge is -2.51. The van der Waals surface area contributed by atoms with Crippen molar-refractivity contribution < 1.29 is 5.11 Å². The normalized spacial score (nSPS) is 33.5. The first-order valence-electron chi connectivity index (χ1n) is 7.26. The van der Waals surface area contributed by atoms with Crippen LogP contribution in [-0.4, -0.2) is 34.7 Å². The van der Waals surface area contributed by atoms with E-state index in [1.165, 1.54) is 32.1 Å². The lowest BCUT2D eigenvalue weighted by molar-refractivity contribution is -0.0471. The topological polar surface area (TPSA) is 23.5 Å². The Bertz CT molecular complexity index is 263. The molecule has 0 heterocycles. The Morgan fingerprint density at radius 2 is 1.71 bits per heavy atom. The van der Waals surface area contributed by atoms with E-state index >= 15 is 0 Å². The van der Waals surface area contributed by atoms with Gasteiger partial charge in [-0.1, -0.05) is 12.8 Å². The zero-order valence-electron chi connectivity index (χ0n) is 12.0. The van der Waals surface area contributed by atoms with Crippen LogP contribution in [0.1, 0.15) is 65.7 Å². The maximum atomic E-state index is 10.0. The van der Waals surface area contributed by atoms with Crippen molar-refractivity contribution in [1.82, 2.24) is 4.90 Å². The van der Waals surface area contributed by atoms with Gasteiger partial charge in [-0.2, -0.15) is 0 Å². The largest absolute Gasteiger partial charge is 0.393 e. The maximum absolute atomic E-state index is 10.0. The Morgan fingerprint density at radius 1 is 1.12 bits per heavy atom. The van der Waals surface area contributed by atoms with Crippen LogP contribution < -0.4 is 0 Å². The van der Waals surface area contributed by atoms with E-state index in [0.717, 1.165) is 12.8 Å². The fourth-order valence-corrected chi connectivity index (χ4v) is 3.95. The van der Waals surface area contributed by atoms with E-state index in [1.807, 2.05) is 0 Å². The van der Waals surface area contributed by atoms with Crippen molar-refractivity contribution in [1.29, 1.82) is 0 Å². The molecular formula is C15H29NO. The molecule has 0 aromatic heterocycles. The molecule has 0 aliphatic heterocycles. The minimum atomic E-state index is -0.0731. The molecule has 0 radical (unpaired) electrons. The van der Waals surface area contributed by atoms with Crippen LogP contribution in [0.15, 0.2) is 0 Å². The van der Waals surface area contributed by atoms with Crippen LogP contribution in [0, 0.1) is 5.41 Å². The molecule has 2 saturated carbocycles. The number of hydrogen-bond acceptors (Lipinski definition) is 2. The van der Waals surface area contributed by atoms with Gasteiger partial charge in [-0.25, -0.2) is 0 Å². The molecule has 2 atom stereocenters. The first-order valence-corrected chi connectivity index (χ1v) is 7.26. The van der Waals surface area contributed by atoms with Crippen LogP contribution in [0.3, 0.4) is 0 Å². The van der Waals surface area contributed by atoms with Crippen LogP contribution in [0.25, 0.3) is 0 Å². The third-order valence-corrected chi connectivity index (χ3v) is 5.30. The Hall–Kier alpha value is -0.0800. The first kappa shape index (κ1) is 13.4. The van der Waals surface area contributed by atoms with Crippen LogP contribution in [-0.2, 0) is 0 Å². The predicted octanol–water partition coefficient (Wildman–Crippen LogP) is 3.19. The second-order valence-corrected chi connectivity index (χ2v) is 7.30. The second kappa shape index (κ2) is 4.55. The van der Waals surface area contributed by atoms with Gasteiger partial charge in [0.25, 0.3) is 0 Å². The van der Waals surface area contributed by atoms with Gasteiger partial charge >= 0.3 is 0 Å². The molecule has 2 nitrogen and oxygen atoms in total. The van der Waals surface area contributed by atoms with Crippen LogP contribution in [0.2, 0.25) is 0 Å². The van der Waals surface area contributed by atoms with Crippen molar-refractivity contribution in [2.75, 3.05) is 7.05 Å². The van der Waals surface area contributed by atoms with E-state index in [9.17, 15) is 5.11 Å². The quantitative estimate of drug-likeness (QED) is 0.759. The van der Waals surface area contributed by atoms with E-state index < -0.39 is 0 Å². The standard InChI is InChI=1S/C15H29NO/c1-14(2,3)16(4)13-11-12(17)7-10-15(13)8-5-6-9-15/h12-13,17H,5-11H2,1-4H3. The minimum Gasteiger partial charge on any atom is -0.393 e. The van der Waals surface area contributed by atoms with Crippen molar-refractivity contribution in [2.45, 2.75) is 83.4 Å². The molecule has 2 aliphatic carbocycles. The Morgan fingerprint density at radius 3 is 2.24 bits per heavy atom. The molecule has 0 saturated heterocycles. The molecular weight excluding hydrogens is 210 g/mol. The number of aliphatic hydroxyl groups is 1. The zero-order chi connectivity index (χ0) is 12.7. The van der Waals surface area contributed by atoms with E-state index in [1.54, 1.807) is 0 Å². The molecule has 100 valence electrons. The number of aliphatic hydroxyl groups excluding tert-OH is 1. The van der Waals surface area contributed by atoms with Gasteiger partial charge in [-0.3, -0.25) is 4.90 Å². The fourth-order valence-electron chi connectivity index (χ4n) is 3.95. The minimum absolute atomic E-state index is 0.0731. The molecule has 2 aliphatic rings. The van der Waals surface area contributed by atoms with Crippen molar-refractivity contribution in [2.24, 2.45) is 5.41 Å². The van der Waals surface area contributed by atoms with E-state index in [4.69, 9.17) is 0 Å².